The summed E-state index contributed by atoms with van der Waals surface area (Å²) in [5.74, 6) is 0.479. The minimum atomic E-state index is -3.32. The van der Waals surface area contributed by atoms with Crippen molar-refractivity contribution in [3.63, 3.8) is 0 Å². The summed E-state index contributed by atoms with van der Waals surface area (Å²) in [6.45, 7) is 8.30. The highest BCUT2D eigenvalue weighted by atomic mass is 32.2. The number of benzene rings is 2. The Morgan fingerprint density at radius 1 is 0.911 bits per heavy atom. The lowest BCUT2D eigenvalue weighted by Crippen LogP contribution is -2.61. The van der Waals surface area contributed by atoms with Crippen LogP contribution in [0, 0.1) is 6.92 Å². The molecular weight excluding hydrogens is 731 g/mol. The Labute approximate surface area is 327 Å². The summed E-state index contributed by atoms with van der Waals surface area (Å²) in [4.78, 5) is 44.8. The summed E-state index contributed by atoms with van der Waals surface area (Å²) >= 11 is 0. The molecule has 56 heavy (non-hydrogen) atoms. The molecule has 0 saturated carbocycles. The molecule has 9 rings (SSSR count). The number of imide groups is 1. The first-order valence-corrected chi connectivity index (χ1v) is 21.3. The van der Waals surface area contributed by atoms with Crippen molar-refractivity contribution in [3.05, 3.63) is 88.9 Å². The van der Waals surface area contributed by atoms with E-state index in [-0.39, 0.29) is 28.7 Å². The van der Waals surface area contributed by atoms with Crippen LogP contribution in [0.5, 0.6) is 5.88 Å². The zero-order valence-electron chi connectivity index (χ0n) is 31.5. The number of nitrogens with zero attached hydrogens (tertiary/aromatic N) is 6. The second-order valence-electron chi connectivity index (χ2n) is 15.6. The Morgan fingerprint density at radius 2 is 1.70 bits per heavy atom. The van der Waals surface area contributed by atoms with Crippen LogP contribution in [0.25, 0.3) is 0 Å². The van der Waals surface area contributed by atoms with Gasteiger partial charge in [0.1, 0.15) is 12.3 Å². The summed E-state index contributed by atoms with van der Waals surface area (Å²) in [7, 11) is -3.32. The lowest BCUT2D eigenvalue weighted by Gasteiger charge is -2.48. The molecule has 3 saturated heterocycles. The van der Waals surface area contributed by atoms with E-state index >= 15 is 0 Å². The molecule has 1 atom stereocenters. The molecule has 4 aromatic rings. The third kappa shape index (κ3) is 7.37. The minimum Gasteiger partial charge on any atom is -0.474 e. The molecule has 5 aliphatic heterocycles. The van der Waals surface area contributed by atoms with E-state index in [1.807, 2.05) is 48.8 Å². The van der Waals surface area contributed by atoms with Gasteiger partial charge in [0.05, 0.1) is 41.0 Å². The highest BCUT2D eigenvalue weighted by Crippen LogP contribution is 2.37. The fourth-order valence-electron chi connectivity index (χ4n) is 8.69. The van der Waals surface area contributed by atoms with Crippen LogP contribution in [0.3, 0.4) is 0 Å². The van der Waals surface area contributed by atoms with Crippen molar-refractivity contribution >= 4 is 50.3 Å². The Kier molecular flexibility index (Phi) is 9.74. The van der Waals surface area contributed by atoms with Crippen molar-refractivity contribution in [2.45, 2.75) is 68.5 Å². The van der Waals surface area contributed by atoms with E-state index in [1.54, 1.807) is 0 Å². The number of carbonyl (C=O) groups excluding carboxylic acids is 2. The Morgan fingerprint density at radius 3 is 2.46 bits per heavy atom. The number of pyridine rings is 1. The third-order valence-electron chi connectivity index (χ3n) is 12.0. The molecule has 2 amide bonds. The van der Waals surface area contributed by atoms with Crippen LogP contribution in [-0.2, 0) is 38.1 Å². The fraction of sp³-hybridized carbons (Fsp3) is 0.439. The summed E-state index contributed by atoms with van der Waals surface area (Å²) in [6, 6.07) is 16.0. The maximum Gasteiger partial charge on any atom is 0.237 e. The molecule has 292 valence electrons. The zero-order valence-corrected chi connectivity index (χ0v) is 32.4. The smallest absolute Gasteiger partial charge is 0.237 e. The largest absolute Gasteiger partial charge is 0.474 e. The van der Waals surface area contributed by atoms with Crippen molar-refractivity contribution in [1.82, 2.24) is 25.2 Å². The minimum absolute atomic E-state index is 0.0216. The molecule has 1 unspecified atom stereocenters. The number of anilines is 5. The molecule has 2 aromatic carbocycles. The molecule has 0 radical (unpaired) electrons. The first-order valence-electron chi connectivity index (χ1n) is 19.6. The molecule has 3 N–H and O–H groups in total. The van der Waals surface area contributed by atoms with E-state index in [0.717, 1.165) is 96.4 Å². The highest BCUT2D eigenvalue weighted by molar-refractivity contribution is 7.91. The van der Waals surface area contributed by atoms with Crippen LogP contribution >= 0.6 is 0 Å². The van der Waals surface area contributed by atoms with Crippen LogP contribution in [0.1, 0.15) is 59.5 Å². The lowest BCUT2D eigenvalue weighted by molar-refractivity contribution is -0.134. The van der Waals surface area contributed by atoms with E-state index in [2.05, 4.69) is 59.7 Å². The third-order valence-corrected chi connectivity index (χ3v) is 14.3. The second kappa shape index (κ2) is 15.0. The molecule has 0 spiro atoms. The number of aromatic nitrogens is 3. The van der Waals surface area contributed by atoms with Gasteiger partial charge in [0.2, 0.25) is 23.6 Å². The Hall–Kier alpha value is -5.28. The fourth-order valence-corrected chi connectivity index (χ4v) is 10.5. The van der Waals surface area contributed by atoms with Gasteiger partial charge in [-0.2, -0.15) is 0 Å². The average Bonchev–Trinajstić information content (AvgIpc) is 3.19. The number of likely N-dealkylation sites (tertiary alicyclic amines) is 1. The first kappa shape index (κ1) is 36.4. The van der Waals surface area contributed by atoms with Crippen LogP contribution in [0.2, 0.25) is 0 Å². The quantitative estimate of drug-likeness (QED) is 0.209. The SMILES string of the molecule is Cc1c(N2CCc3cnc(Nc4ccc(CS(=O)(=O)C5CCN(C6CN(c7ccc(C8CCC(=O)NC8=O)cc7)C6)CC5)cc4)nc3C2)cnc2c1NCCO2. The number of sulfone groups is 1. The number of piperidine rings is 2. The van der Waals surface area contributed by atoms with Crippen molar-refractivity contribution in [2.75, 3.05) is 66.3 Å². The predicted molar refractivity (Wildman–Crippen MR) is 214 cm³/mol. The van der Waals surface area contributed by atoms with E-state index in [1.165, 1.54) is 0 Å². The lowest BCUT2D eigenvalue weighted by atomic mass is 9.90. The molecule has 2 aromatic heterocycles. The predicted octanol–water partition coefficient (Wildman–Crippen LogP) is 4.08. The summed E-state index contributed by atoms with van der Waals surface area (Å²) < 4.78 is 32.8. The Balaban J connectivity index is 0.748. The maximum atomic E-state index is 13.5. The number of nitrogens with one attached hydrogen (secondary N) is 3. The van der Waals surface area contributed by atoms with Gasteiger partial charge in [0.25, 0.3) is 0 Å². The number of hydrogen-bond donors (Lipinski definition) is 3. The zero-order chi connectivity index (χ0) is 38.4. The van der Waals surface area contributed by atoms with Gasteiger partial charge >= 0.3 is 0 Å². The van der Waals surface area contributed by atoms with Crippen molar-refractivity contribution in [2.24, 2.45) is 0 Å². The van der Waals surface area contributed by atoms with Gasteiger partial charge in [-0.15, -0.1) is 0 Å². The van der Waals surface area contributed by atoms with E-state index < -0.39 is 9.84 Å². The van der Waals surface area contributed by atoms with Crippen LogP contribution in [0.15, 0.2) is 60.9 Å². The molecule has 0 aliphatic carbocycles. The number of amides is 2. The van der Waals surface area contributed by atoms with Crippen LogP contribution in [-0.4, -0.2) is 97.3 Å². The van der Waals surface area contributed by atoms with Crippen molar-refractivity contribution in [1.29, 1.82) is 0 Å². The molecule has 0 bridgehead atoms. The number of ether oxygens (including phenoxy) is 1. The van der Waals surface area contributed by atoms with Gasteiger partial charge in [-0.1, -0.05) is 24.3 Å². The molecule has 3 fully saturated rings. The van der Waals surface area contributed by atoms with Gasteiger partial charge in [-0.25, -0.2) is 23.4 Å². The van der Waals surface area contributed by atoms with Gasteiger partial charge in [-0.05, 0) is 86.7 Å². The highest BCUT2D eigenvalue weighted by Gasteiger charge is 2.37. The molecular formula is C41H47N9O5S. The summed E-state index contributed by atoms with van der Waals surface area (Å²) in [6.07, 6.45) is 6.81. The van der Waals surface area contributed by atoms with E-state index in [0.29, 0.717) is 56.7 Å². The van der Waals surface area contributed by atoms with Crippen LogP contribution in [0.4, 0.5) is 28.7 Å². The summed E-state index contributed by atoms with van der Waals surface area (Å²) in [5, 5.41) is 8.83. The number of hydrogen-bond acceptors (Lipinski definition) is 13. The molecule has 15 heteroatoms. The molecule has 5 aliphatic rings. The van der Waals surface area contributed by atoms with Crippen LogP contribution < -0.4 is 30.5 Å². The molecule has 7 heterocycles. The topological polar surface area (TPSA) is 162 Å². The van der Waals surface area contributed by atoms with E-state index in [4.69, 9.17) is 9.72 Å². The van der Waals surface area contributed by atoms with Crippen molar-refractivity contribution < 1.29 is 22.7 Å². The van der Waals surface area contributed by atoms with Crippen molar-refractivity contribution in [3.8, 4) is 5.88 Å². The Bertz CT molecular complexity index is 2240. The normalized spacial score (nSPS) is 20.6. The number of rotatable bonds is 9. The number of fused-ring (bicyclic) bond motifs is 2. The van der Waals surface area contributed by atoms with E-state index in [9.17, 15) is 18.0 Å². The standard InChI is InChI=1S/C41H47N9O5S/c1-26-36(21-43-40-38(26)42-15-19-55-40)49-16-12-29-20-44-41(46-35(29)24-49)45-30-6-2-27(3-7-30)25-56(53,54)33-13-17-48(18-14-33)32-22-50(23-32)31-8-4-28(5-9-31)34-10-11-37(51)47-39(34)52/h2-9,20-21,32-34,42H,10-19,22-25H2,1H3,(H,44,45,46)(H,47,51,52). The first-order chi connectivity index (χ1) is 27.2. The van der Waals surface area contributed by atoms with Gasteiger partial charge < -0.3 is 25.2 Å². The summed E-state index contributed by atoms with van der Waals surface area (Å²) in [5.41, 5.74) is 8.86. The second-order valence-corrected chi connectivity index (χ2v) is 17.9. The van der Waals surface area contributed by atoms with Gasteiger partial charge in [0.15, 0.2) is 9.84 Å². The average molecular weight is 778 g/mol. The number of carbonyl (C=O) groups is 2. The maximum absolute atomic E-state index is 13.5. The monoisotopic (exact) mass is 777 g/mol. The van der Waals surface area contributed by atoms with Gasteiger partial charge in [0, 0.05) is 61.8 Å². The van der Waals surface area contributed by atoms with Gasteiger partial charge in [-0.3, -0.25) is 19.8 Å². The molecule has 14 nitrogen and oxygen atoms in total.